The Bertz CT molecular complexity index is 99.9. The first-order valence-electron chi connectivity index (χ1n) is 2.11. The van der Waals surface area contributed by atoms with Crippen molar-refractivity contribution in [3.63, 3.8) is 0 Å². The maximum atomic E-state index is 3.34. The molecule has 0 aromatic heterocycles. The van der Waals surface area contributed by atoms with E-state index in [1.807, 2.05) is 18.3 Å². The summed E-state index contributed by atoms with van der Waals surface area (Å²) in [6.07, 6.45) is 1.93. The summed E-state index contributed by atoms with van der Waals surface area (Å²) in [5.74, 6) is 0. The van der Waals surface area contributed by atoms with E-state index < -0.39 is 0 Å². The average molecular weight is 163 g/mol. The number of rotatable bonds is 0. The number of nitrogens with one attached hydrogen (secondary N) is 1. The normalized spacial score (nSPS) is 21.7. The lowest BCUT2D eigenvalue weighted by Crippen LogP contribution is -2.24. The second-order valence-electron chi connectivity index (χ2n) is 1.58. The van der Waals surface area contributed by atoms with Gasteiger partial charge in [-0.2, -0.15) is 0 Å². The van der Waals surface area contributed by atoms with Gasteiger partial charge in [0.2, 0.25) is 0 Å². The molecule has 0 spiro atoms. The van der Waals surface area contributed by atoms with Crippen LogP contribution in [0.5, 0.6) is 0 Å². The Balaban J connectivity index is 2.42. The molecule has 3 heteroatoms. The van der Waals surface area contributed by atoms with E-state index in [2.05, 4.69) is 21.4 Å². The van der Waals surface area contributed by atoms with Crippen LogP contribution in [0.2, 0.25) is 0 Å². The van der Waals surface area contributed by atoms with E-state index in [1.54, 1.807) is 0 Å². The van der Waals surface area contributed by atoms with Crippen LogP contribution in [0.4, 0.5) is 0 Å². The maximum absolute atomic E-state index is 3.34. The number of nitrogens with zero attached hydrogens (tertiary/aromatic N) is 1. The Morgan fingerprint density at radius 3 is 2.86 bits per heavy atom. The summed E-state index contributed by atoms with van der Waals surface area (Å²) in [6, 6.07) is 0. The fourth-order valence-electron chi connectivity index (χ4n) is 0.498. The van der Waals surface area contributed by atoms with Crippen molar-refractivity contribution in [3.05, 3.63) is 10.7 Å². The van der Waals surface area contributed by atoms with Gasteiger partial charge in [0.25, 0.3) is 0 Å². The first kappa shape index (κ1) is 5.12. The highest BCUT2D eigenvalue weighted by atomic mass is 79.9. The molecule has 0 unspecified atom stereocenters. The monoisotopic (exact) mass is 162 g/mol. The molecule has 0 saturated heterocycles. The topological polar surface area (TPSA) is 15.3 Å². The van der Waals surface area contributed by atoms with Crippen LogP contribution in [0, 0.1) is 0 Å². The fraction of sp³-hybridized carbons (Fsp3) is 0.500. The van der Waals surface area contributed by atoms with Crippen LogP contribution in [0.15, 0.2) is 10.7 Å². The predicted molar refractivity (Wildman–Crippen MR) is 32.8 cm³/mol. The molecule has 1 aliphatic heterocycles. The van der Waals surface area contributed by atoms with E-state index in [0.29, 0.717) is 0 Å². The van der Waals surface area contributed by atoms with E-state index in [0.717, 1.165) is 6.54 Å². The summed E-state index contributed by atoms with van der Waals surface area (Å²) >= 11 is 3.34. The smallest absolute Gasteiger partial charge is 0.0507 e. The molecule has 7 heavy (non-hydrogen) atoms. The number of hydrogen-bond donors (Lipinski definition) is 1. The van der Waals surface area contributed by atoms with Gasteiger partial charge in [-0.15, -0.1) is 0 Å². The highest BCUT2D eigenvalue weighted by Gasteiger charge is 2.03. The summed E-state index contributed by atoms with van der Waals surface area (Å²) in [4.78, 5) is 0. The zero-order chi connectivity index (χ0) is 5.28. The molecule has 1 N–H and O–H groups in total. The van der Waals surface area contributed by atoms with Crippen LogP contribution in [-0.4, -0.2) is 18.6 Å². The lowest BCUT2D eigenvalue weighted by Gasteiger charge is -2.05. The highest BCUT2D eigenvalue weighted by molar-refractivity contribution is 9.11. The summed E-state index contributed by atoms with van der Waals surface area (Å²) in [7, 11) is 1.99. The van der Waals surface area contributed by atoms with Gasteiger partial charge in [0.1, 0.15) is 0 Å². The van der Waals surface area contributed by atoms with Crippen molar-refractivity contribution < 1.29 is 0 Å². The summed E-state index contributed by atoms with van der Waals surface area (Å²) < 4.78 is 1.20. The van der Waals surface area contributed by atoms with Crippen LogP contribution >= 0.6 is 15.9 Å². The minimum absolute atomic E-state index is 0.972. The molecule has 0 aromatic carbocycles. The molecule has 0 aromatic rings. The first-order chi connectivity index (χ1) is 3.29. The number of hydrogen-bond acceptors (Lipinski definition) is 2. The van der Waals surface area contributed by atoms with Crippen LogP contribution in [-0.2, 0) is 0 Å². The molecule has 0 amide bonds. The Labute approximate surface area is 51.3 Å². The van der Waals surface area contributed by atoms with Crippen molar-refractivity contribution in [2.75, 3.05) is 13.6 Å². The van der Waals surface area contributed by atoms with Crippen molar-refractivity contribution >= 4 is 15.9 Å². The quantitative estimate of drug-likeness (QED) is 0.564. The summed E-state index contributed by atoms with van der Waals surface area (Å²) in [6.45, 7) is 0.972. The molecule has 1 aliphatic rings. The minimum Gasteiger partial charge on any atom is -0.325 e. The van der Waals surface area contributed by atoms with Gasteiger partial charge in [0.15, 0.2) is 0 Å². The first-order valence-corrected chi connectivity index (χ1v) is 2.90. The summed E-state index contributed by atoms with van der Waals surface area (Å²) in [5, 5.41) is 1.99. The molecular formula is C4H7BrN2. The van der Waals surface area contributed by atoms with Crippen LogP contribution in [0.25, 0.3) is 0 Å². The van der Waals surface area contributed by atoms with Crippen molar-refractivity contribution in [3.8, 4) is 0 Å². The van der Waals surface area contributed by atoms with Crippen molar-refractivity contribution in [2.45, 2.75) is 0 Å². The van der Waals surface area contributed by atoms with Crippen LogP contribution in [0.3, 0.4) is 0 Å². The van der Waals surface area contributed by atoms with Crippen molar-refractivity contribution in [2.24, 2.45) is 0 Å². The molecule has 2 nitrogen and oxygen atoms in total. The molecule has 40 valence electrons. The van der Waals surface area contributed by atoms with Gasteiger partial charge in [0, 0.05) is 17.7 Å². The summed E-state index contributed by atoms with van der Waals surface area (Å²) in [5.41, 5.74) is 2.99. The maximum Gasteiger partial charge on any atom is 0.0507 e. The van der Waals surface area contributed by atoms with Crippen molar-refractivity contribution in [1.82, 2.24) is 10.4 Å². The SMILES string of the molecule is CN1CC(Br)=CN1. The van der Waals surface area contributed by atoms with Crippen LogP contribution in [0.1, 0.15) is 0 Å². The van der Waals surface area contributed by atoms with E-state index in [4.69, 9.17) is 0 Å². The third-order valence-corrected chi connectivity index (χ3v) is 1.31. The Morgan fingerprint density at radius 1 is 2.00 bits per heavy atom. The van der Waals surface area contributed by atoms with Gasteiger partial charge in [-0.1, -0.05) is 15.9 Å². The average Bonchev–Trinajstić information content (AvgIpc) is 1.87. The lowest BCUT2D eigenvalue weighted by molar-refractivity contribution is 0.331. The highest BCUT2D eigenvalue weighted by Crippen LogP contribution is 2.07. The molecule has 0 saturated carbocycles. The molecule has 0 bridgehead atoms. The van der Waals surface area contributed by atoms with Crippen LogP contribution < -0.4 is 5.43 Å². The zero-order valence-corrected chi connectivity index (χ0v) is 5.70. The van der Waals surface area contributed by atoms with Gasteiger partial charge in [-0.25, -0.2) is 5.01 Å². The predicted octanol–water partition coefficient (Wildman–Crippen LogP) is 0.673. The third-order valence-electron chi connectivity index (χ3n) is 0.830. The van der Waals surface area contributed by atoms with Gasteiger partial charge in [-0.05, 0) is 0 Å². The van der Waals surface area contributed by atoms with Gasteiger partial charge in [0.05, 0.1) is 6.54 Å². The molecule has 1 rings (SSSR count). The zero-order valence-electron chi connectivity index (χ0n) is 4.11. The van der Waals surface area contributed by atoms with Gasteiger partial charge < -0.3 is 5.43 Å². The van der Waals surface area contributed by atoms with Gasteiger partial charge >= 0.3 is 0 Å². The van der Waals surface area contributed by atoms with E-state index in [9.17, 15) is 0 Å². The molecular weight excluding hydrogens is 156 g/mol. The van der Waals surface area contributed by atoms with E-state index in [1.165, 1.54) is 4.48 Å². The lowest BCUT2D eigenvalue weighted by atomic mass is 10.6. The second kappa shape index (κ2) is 1.84. The number of hydrazine groups is 1. The van der Waals surface area contributed by atoms with E-state index in [-0.39, 0.29) is 0 Å². The largest absolute Gasteiger partial charge is 0.325 e. The fourth-order valence-corrected chi connectivity index (χ4v) is 0.977. The molecule has 0 radical (unpaired) electrons. The standard InChI is InChI=1S/C4H7BrN2/c1-7-3-4(5)2-6-7/h2,6H,3H2,1H3. The van der Waals surface area contributed by atoms with Crippen molar-refractivity contribution in [1.29, 1.82) is 0 Å². The molecule has 1 heterocycles. The van der Waals surface area contributed by atoms with Gasteiger partial charge in [-0.3, -0.25) is 0 Å². The number of likely N-dealkylation sites (N-methyl/N-ethyl adjacent to an activating group) is 1. The molecule has 0 aliphatic carbocycles. The Kier molecular flexibility index (Phi) is 1.35. The van der Waals surface area contributed by atoms with E-state index >= 15 is 0 Å². The second-order valence-corrected chi connectivity index (χ2v) is 2.59. The number of halogens is 1. The minimum atomic E-state index is 0.972. The molecule has 0 fully saturated rings. The molecule has 0 atom stereocenters. The Morgan fingerprint density at radius 2 is 2.71 bits per heavy atom. The Hall–Kier alpha value is -0.0200. The third kappa shape index (κ3) is 1.17.